The van der Waals surface area contributed by atoms with E-state index in [4.69, 9.17) is 0 Å². The summed E-state index contributed by atoms with van der Waals surface area (Å²) in [5, 5.41) is 1.15. The Morgan fingerprint density at radius 3 is 3.10 bits per heavy atom. The van der Waals surface area contributed by atoms with Crippen molar-refractivity contribution in [1.82, 2.24) is 4.90 Å². The molecule has 2 nitrogen and oxygen atoms in total. The SMILES string of the molecule is CSC1=CC[C@@H]2CC(=O)N12. The van der Waals surface area contributed by atoms with Gasteiger partial charge in [0.1, 0.15) is 0 Å². The zero-order chi connectivity index (χ0) is 7.14. The maximum Gasteiger partial charge on any atom is 0.229 e. The predicted octanol–water partition coefficient (Wildman–Crippen LogP) is 1.20. The number of hydrogen-bond donors (Lipinski definition) is 0. The number of nitrogens with zero attached hydrogens (tertiary/aromatic N) is 1. The minimum Gasteiger partial charge on any atom is -0.303 e. The van der Waals surface area contributed by atoms with Crippen LogP contribution in [0, 0.1) is 0 Å². The quantitative estimate of drug-likeness (QED) is 0.530. The van der Waals surface area contributed by atoms with E-state index in [1.54, 1.807) is 11.8 Å². The number of carbonyl (C=O) groups excluding carboxylic acids is 1. The lowest BCUT2D eigenvalue weighted by atomic mass is 10.0. The van der Waals surface area contributed by atoms with Gasteiger partial charge in [0.2, 0.25) is 5.91 Å². The highest BCUT2D eigenvalue weighted by Crippen LogP contribution is 2.37. The van der Waals surface area contributed by atoms with E-state index in [-0.39, 0.29) is 0 Å². The van der Waals surface area contributed by atoms with Crippen LogP contribution in [0.15, 0.2) is 11.1 Å². The highest BCUT2D eigenvalue weighted by molar-refractivity contribution is 8.02. The fourth-order valence-corrected chi connectivity index (χ4v) is 2.20. The number of rotatable bonds is 1. The van der Waals surface area contributed by atoms with Crippen molar-refractivity contribution in [3.63, 3.8) is 0 Å². The Morgan fingerprint density at radius 2 is 2.60 bits per heavy atom. The van der Waals surface area contributed by atoms with Gasteiger partial charge in [-0.1, -0.05) is 6.08 Å². The maximum absolute atomic E-state index is 11.0. The minimum atomic E-state index is 0.295. The Balaban J connectivity index is 2.17. The average Bonchev–Trinajstić information content (AvgIpc) is 2.25. The van der Waals surface area contributed by atoms with Gasteiger partial charge in [0.15, 0.2) is 0 Å². The normalized spacial score (nSPS) is 29.7. The molecule has 1 atom stereocenters. The van der Waals surface area contributed by atoms with Crippen LogP contribution in [0.2, 0.25) is 0 Å². The number of thioether (sulfide) groups is 1. The van der Waals surface area contributed by atoms with Crippen LogP contribution in [-0.2, 0) is 4.79 Å². The smallest absolute Gasteiger partial charge is 0.229 e. The van der Waals surface area contributed by atoms with E-state index in [9.17, 15) is 4.79 Å². The topological polar surface area (TPSA) is 20.3 Å². The van der Waals surface area contributed by atoms with Gasteiger partial charge in [0, 0.05) is 12.5 Å². The Kier molecular flexibility index (Phi) is 1.27. The van der Waals surface area contributed by atoms with Gasteiger partial charge in [0.25, 0.3) is 0 Å². The first-order valence-electron chi connectivity index (χ1n) is 3.39. The van der Waals surface area contributed by atoms with E-state index in [0.717, 1.165) is 17.9 Å². The summed E-state index contributed by atoms with van der Waals surface area (Å²) in [5.41, 5.74) is 0. The molecule has 2 aliphatic heterocycles. The first kappa shape index (κ1) is 6.28. The average molecular weight is 155 g/mol. The number of β-lactam (4-membered cyclic amide) rings is 1. The molecule has 0 radical (unpaired) electrons. The van der Waals surface area contributed by atoms with E-state index < -0.39 is 0 Å². The highest BCUT2D eigenvalue weighted by Gasteiger charge is 2.40. The molecular formula is C7H9NOS. The van der Waals surface area contributed by atoms with Crippen molar-refractivity contribution in [3.05, 3.63) is 11.1 Å². The standard InChI is InChI=1S/C7H9NOS/c1-10-7-3-2-5-4-6(9)8(5)7/h3,5H,2,4H2,1H3/t5-/m1/s1. The summed E-state index contributed by atoms with van der Waals surface area (Å²) in [6.07, 6.45) is 6.00. The number of hydrogen-bond acceptors (Lipinski definition) is 2. The van der Waals surface area contributed by atoms with E-state index >= 15 is 0 Å². The fraction of sp³-hybridized carbons (Fsp3) is 0.571. The molecule has 2 rings (SSSR count). The van der Waals surface area contributed by atoms with Gasteiger partial charge in [0.05, 0.1) is 5.03 Å². The molecule has 0 aromatic rings. The van der Waals surface area contributed by atoms with Crippen LogP contribution < -0.4 is 0 Å². The number of amides is 1. The first-order chi connectivity index (χ1) is 4.83. The lowest BCUT2D eigenvalue weighted by Crippen LogP contribution is -2.47. The van der Waals surface area contributed by atoms with E-state index in [1.165, 1.54) is 0 Å². The third kappa shape index (κ3) is 0.639. The predicted molar refractivity (Wildman–Crippen MR) is 41.5 cm³/mol. The van der Waals surface area contributed by atoms with E-state index in [2.05, 4.69) is 6.08 Å². The molecule has 54 valence electrons. The molecule has 0 spiro atoms. The molecule has 0 aromatic carbocycles. The van der Waals surface area contributed by atoms with Gasteiger partial charge in [-0.25, -0.2) is 0 Å². The molecule has 3 heteroatoms. The lowest BCUT2D eigenvalue weighted by Gasteiger charge is -2.35. The van der Waals surface area contributed by atoms with Crippen molar-refractivity contribution in [2.45, 2.75) is 18.9 Å². The molecule has 0 bridgehead atoms. The summed E-state index contributed by atoms with van der Waals surface area (Å²) in [5.74, 6) is 0.295. The van der Waals surface area contributed by atoms with Crippen LogP contribution in [0.3, 0.4) is 0 Å². The zero-order valence-corrected chi connectivity index (χ0v) is 6.65. The summed E-state index contributed by atoms with van der Waals surface area (Å²) >= 11 is 1.67. The fourth-order valence-electron chi connectivity index (χ4n) is 1.49. The third-order valence-corrected chi connectivity index (χ3v) is 2.84. The van der Waals surface area contributed by atoms with Crippen molar-refractivity contribution >= 4 is 17.7 Å². The van der Waals surface area contributed by atoms with Crippen molar-refractivity contribution in [1.29, 1.82) is 0 Å². The van der Waals surface area contributed by atoms with Gasteiger partial charge in [-0.2, -0.15) is 0 Å². The Morgan fingerprint density at radius 1 is 1.80 bits per heavy atom. The molecule has 1 fully saturated rings. The summed E-state index contributed by atoms with van der Waals surface area (Å²) in [6, 6.07) is 0.523. The Bertz CT molecular complexity index is 212. The van der Waals surface area contributed by atoms with Gasteiger partial charge >= 0.3 is 0 Å². The zero-order valence-electron chi connectivity index (χ0n) is 5.83. The molecule has 2 aliphatic rings. The molecule has 1 saturated heterocycles. The van der Waals surface area contributed by atoms with Gasteiger partial charge < -0.3 is 4.90 Å². The van der Waals surface area contributed by atoms with Crippen molar-refractivity contribution in [2.75, 3.05) is 6.26 Å². The second-order valence-electron chi connectivity index (χ2n) is 2.60. The van der Waals surface area contributed by atoms with E-state index in [0.29, 0.717) is 11.9 Å². The van der Waals surface area contributed by atoms with Crippen LogP contribution >= 0.6 is 11.8 Å². The van der Waals surface area contributed by atoms with Crippen molar-refractivity contribution < 1.29 is 4.79 Å². The molecule has 0 aromatic heterocycles. The summed E-state index contributed by atoms with van der Waals surface area (Å²) in [7, 11) is 0. The first-order valence-corrected chi connectivity index (χ1v) is 4.61. The molecule has 0 unspecified atom stereocenters. The third-order valence-electron chi connectivity index (χ3n) is 2.06. The second-order valence-corrected chi connectivity index (χ2v) is 3.43. The van der Waals surface area contributed by atoms with Crippen LogP contribution in [-0.4, -0.2) is 23.1 Å². The van der Waals surface area contributed by atoms with Gasteiger partial charge in [-0.05, 0) is 12.7 Å². The largest absolute Gasteiger partial charge is 0.303 e. The number of carbonyl (C=O) groups is 1. The van der Waals surface area contributed by atoms with Crippen LogP contribution in [0.5, 0.6) is 0 Å². The molecule has 0 saturated carbocycles. The minimum absolute atomic E-state index is 0.295. The van der Waals surface area contributed by atoms with E-state index in [1.807, 2.05) is 11.2 Å². The molecule has 1 amide bonds. The number of fused-ring (bicyclic) bond motifs is 1. The maximum atomic E-state index is 11.0. The Hall–Kier alpha value is -0.440. The Labute approximate surface area is 64.3 Å². The molecule has 2 heterocycles. The van der Waals surface area contributed by atoms with Crippen LogP contribution in [0.4, 0.5) is 0 Å². The monoisotopic (exact) mass is 155 g/mol. The molecule has 10 heavy (non-hydrogen) atoms. The molecule has 0 N–H and O–H groups in total. The summed E-state index contributed by atoms with van der Waals surface area (Å²) in [4.78, 5) is 12.9. The molecule has 0 aliphatic carbocycles. The summed E-state index contributed by atoms with van der Waals surface area (Å²) < 4.78 is 0. The van der Waals surface area contributed by atoms with Crippen LogP contribution in [0.25, 0.3) is 0 Å². The van der Waals surface area contributed by atoms with Gasteiger partial charge in [-0.3, -0.25) is 4.79 Å². The molecular weight excluding hydrogens is 146 g/mol. The van der Waals surface area contributed by atoms with Crippen molar-refractivity contribution in [2.24, 2.45) is 0 Å². The van der Waals surface area contributed by atoms with Gasteiger partial charge in [-0.15, -0.1) is 11.8 Å². The lowest BCUT2D eigenvalue weighted by molar-refractivity contribution is -0.140. The van der Waals surface area contributed by atoms with Crippen LogP contribution in [0.1, 0.15) is 12.8 Å². The second kappa shape index (κ2) is 2.02. The summed E-state index contributed by atoms with van der Waals surface area (Å²) in [6.45, 7) is 0. The highest BCUT2D eigenvalue weighted by atomic mass is 32.2. The van der Waals surface area contributed by atoms with Crippen molar-refractivity contribution in [3.8, 4) is 0 Å².